The number of hydrogen-bond donors (Lipinski definition) is 1. The van der Waals surface area contributed by atoms with E-state index in [-0.39, 0.29) is 5.89 Å². The molecular formula is C13H13ClFN3O. The van der Waals surface area contributed by atoms with E-state index in [9.17, 15) is 4.39 Å². The van der Waals surface area contributed by atoms with Crippen LogP contribution in [0.1, 0.15) is 31.5 Å². The van der Waals surface area contributed by atoms with Crippen molar-refractivity contribution in [3.05, 3.63) is 34.9 Å². The molecule has 1 aliphatic carbocycles. The Hall–Kier alpha value is -1.46. The summed E-state index contributed by atoms with van der Waals surface area (Å²) in [7, 11) is 0. The largest absolute Gasteiger partial charge is 0.334 e. The first-order chi connectivity index (χ1) is 9.08. The fourth-order valence-electron chi connectivity index (χ4n) is 2.43. The summed E-state index contributed by atoms with van der Waals surface area (Å²) < 4.78 is 18.4. The van der Waals surface area contributed by atoms with Crippen molar-refractivity contribution in [3.8, 4) is 11.5 Å². The maximum Gasteiger partial charge on any atom is 0.259 e. The van der Waals surface area contributed by atoms with Crippen molar-refractivity contribution in [2.24, 2.45) is 5.73 Å². The number of rotatable bonds is 2. The third kappa shape index (κ3) is 2.24. The van der Waals surface area contributed by atoms with Crippen molar-refractivity contribution in [2.75, 3.05) is 0 Å². The molecule has 3 rings (SSSR count). The van der Waals surface area contributed by atoms with Gasteiger partial charge < -0.3 is 10.3 Å². The van der Waals surface area contributed by atoms with Gasteiger partial charge in [-0.1, -0.05) is 29.6 Å². The van der Waals surface area contributed by atoms with Gasteiger partial charge in [0.25, 0.3) is 5.89 Å². The van der Waals surface area contributed by atoms with E-state index in [2.05, 4.69) is 10.1 Å². The molecule has 100 valence electrons. The summed E-state index contributed by atoms with van der Waals surface area (Å²) >= 11 is 6.01. The van der Waals surface area contributed by atoms with Crippen LogP contribution in [0.5, 0.6) is 0 Å². The van der Waals surface area contributed by atoms with Gasteiger partial charge in [0.1, 0.15) is 5.82 Å². The minimum absolute atomic E-state index is 0.205. The van der Waals surface area contributed by atoms with Gasteiger partial charge in [0, 0.05) is 0 Å². The van der Waals surface area contributed by atoms with Crippen LogP contribution in [0.4, 0.5) is 4.39 Å². The smallest absolute Gasteiger partial charge is 0.259 e. The number of nitrogens with zero attached hydrogens (tertiary/aromatic N) is 2. The van der Waals surface area contributed by atoms with Crippen molar-refractivity contribution in [1.29, 1.82) is 0 Å². The van der Waals surface area contributed by atoms with Crippen molar-refractivity contribution in [1.82, 2.24) is 10.1 Å². The summed E-state index contributed by atoms with van der Waals surface area (Å²) in [6.07, 6.45) is 3.79. The summed E-state index contributed by atoms with van der Waals surface area (Å²) in [5.74, 6) is 0.277. The maximum absolute atomic E-state index is 13.2. The zero-order valence-corrected chi connectivity index (χ0v) is 11.0. The van der Waals surface area contributed by atoms with Crippen LogP contribution in [0.2, 0.25) is 5.02 Å². The first-order valence-electron chi connectivity index (χ1n) is 6.17. The van der Waals surface area contributed by atoms with E-state index < -0.39 is 11.4 Å². The van der Waals surface area contributed by atoms with E-state index >= 15 is 0 Å². The molecule has 0 bridgehead atoms. The number of hydrogen-bond acceptors (Lipinski definition) is 4. The summed E-state index contributed by atoms with van der Waals surface area (Å²) in [4.78, 5) is 4.28. The van der Waals surface area contributed by atoms with Crippen LogP contribution in [0.15, 0.2) is 22.7 Å². The van der Waals surface area contributed by atoms with E-state index in [4.69, 9.17) is 21.9 Å². The van der Waals surface area contributed by atoms with Gasteiger partial charge in [-0.25, -0.2) is 4.39 Å². The molecule has 0 radical (unpaired) electrons. The maximum atomic E-state index is 13.2. The molecule has 19 heavy (non-hydrogen) atoms. The second kappa shape index (κ2) is 4.58. The van der Waals surface area contributed by atoms with E-state index in [0.717, 1.165) is 25.7 Å². The second-order valence-corrected chi connectivity index (χ2v) is 5.32. The molecule has 2 aromatic rings. The standard InChI is InChI=1S/C13H13ClFN3O/c14-10-4-3-8(15)7-9(10)11-17-12(18-19-11)13(16)5-1-2-6-13/h3-4,7H,1-2,5-6,16H2. The van der Waals surface area contributed by atoms with Crippen molar-refractivity contribution < 1.29 is 8.91 Å². The lowest BCUT2D eigenvalue weighted by atomic mass is 9.99. The quantitative estimate of drug-likeness (QED) is 0.917. The Morgan fingerprint density at radius 3 is 2.79 bits per heavy atom. The van der Waals surface area contributed by atoms with Crippen molar-refractivity contribution in [3.63, 3.8) is 0 Å². The molecule has 0 aliphatic heterocycles. The molecule has 1 heterocycles. The zero-order valence-electron chi connectivity index (χ0n) is 10.2. The van der Waals surface area contributed by atoms with Gasteiger partial charge in [0.05, 0.1) is 16.1 Å². The van der Waals surface area contributed by atoms with E-state index in [1.807, 2.05) is 0 Å². The highest BCUT2D eigenvalue weighted by molar-refractivity contribution is 6.33. The molecule has 4 nitrogen and oxygen atoms in total. The van der Waals surface area contributed by atoms with Crippen LogP contribution in [0.3, 0.4) is 0 Å². The Morgan fingerprint density at radius 1 is 1.32 bits per heavy atom. The van der Waals surface area contributed by atoms with Crippen LogP contribution < -0.4 is 5.73 Å². The topological polar surface area (TPSA) is 64.9 Å². The van der Waals surface area contributed by atoms with Crippen LogP contribution in [-0.2, 0) is 5.54 Å². The monoisotopic (exact) mass is 281 g/mol. The van der Waals surface area contributed by atoms with Gasteiger partial charge in [-0.3, -0.25) is 0 Å². The second-order valence-electron chi connectivity index (χ2n) is 4.91. The van der Waals surface area contributed by atoms with Crippen LogP contribution >= 0.6 is 11.6 Å². The lowest BCUT2D eigenvalue weighted by Gasteiger charge is -2.17. The van der Waals surface area contributed by atoms with Crippen LogP contribution in [0, 0.1) is 5.82 Å². The number of aromatic nitrogens is 2. The van der Waals surface area contributed by atoms with E-state index in [1.165, 1.54) is 18.2 Å². The van der Waals surface area contributed by atoms with Gasteiger partial charge in [-0.05, 0) is 31.0 Å². The molecule has 0 unspecified atom stereocenters. The Bertz CT molecular complexity index is 608. The van der Waals surface area contributed by atoms with Gasteiger partial charge >= 0.3 is 0 Å². The fourth-order valence-corrected chi connectivity index (χ4v) is 2.62. The SMILES string of the molecule is NC1(c2noc(-c3cc(F)ccc3Cl)n2)CCCC1. The molecule has 1 aromatic carbocycles. The van der Waals surface area contributed by atoms with Crippen LogP contribution in [0.25, 0.3) is 11.5 Å². The Labute approximate surface area is 114 Å². The highest BCUT2D eigenvalue weighted by Crippen LogP contribution is 2.36. The summed E-state index contributed by atoms with van der Waals surface area (Å²) in [5, 5.41) is 4.29. The molecule has 1 fully saturated rings. The zero-order chi connectivity index (χ0) is 13.5. The minimum Gasteiger partial charge on any atom is -0.334 e. The molecule has 0 amide bonds. The predicted octanol–water partition coefficient (Wildman–Crippen LogP) is 3.26. The van der Waals surface area contributed by atoms with E-state index in [0.29, 0.717) is 16.4 Å². The average Bonchev–Trinajstić information content (AvgIpc) is 3.02. The third-order valence-corrected chi connectivity index (χ3v) is 3.86. The molecule has 0 atom stereocenters. The fraction of sp³-hybridized carbons (Fsp3) is 0.385. The van der Waals surface area contributed by atoms with Crippen LogP contribution in [-0.4, -0.2) is 10.1 Å². The normalized spacial score (nSPS) is 17.8. The molecule has 2 N–H and O–H groups in total. The number of halogens is 2. The van der Waals surface area contributed by atoms with Gasteiger partial charge in [0.15, 0.2) is 5.82 Å². The molecular weight excluding hydrogens is 269 g/mol. The summed E-state index contributed by atoms with van der Waals surface area (Å²) in [6.45, 7) is 0. The molecule has 0 spiro atoms. The molecule has 0 saturated heterocycles. The summed E-state index contributed by atoms with van der Waals surface area (Å²) in [6, 6.07) is 4.02. The molecule has 1 saturated carbocycles. The minimum atomic E-state index is -0.526. The average molecular weight is 282 g/mol. The molecule has 1 aromatic heterocycles. The number of nitrogens with two attached hydrogens (primary N) is 1. The highest BCUT2D eigenvalue weighted by atomic mass is 35.5. The first kappa shape index (κ1) is 12.6. The molecule has 1 aliphatic rings. The third-order valence-electron chi connectivity index (χ3n) is 3.53. The van der Waals surface area contributed by atoms with Crippen molar-refractivity contribution in [2.45, 2.75) is 31.2 Å². The van der Waals surface area contributed by atoms with Crippen molar-refractivity contribution >= 4 is 11.6 Å². The highest BCUT2D eigenvalue weighted by Gasteiger charge is 2.36. The predicted molar refractivity (Wildman–Crippen MR) is 69.0 cm³/mol. The first-order valence-corrected chi connectivity index (χ1v) is 6.55. The Kier molecular flexibility index (Phi) is 3.03. The van der Waals surface area contributed by atoms with Gasteiger partial charge in [0.2, 0.25) is 0 Å². The lowest BCUT2D eigenvalue weighted by Crippen LogP contribution is -2.34. The van der Waals surface area contributed by atoms with Gasteiger partial charge in [-0.2, -0.15) is 4.98 Å². The Balaban J connectivity index is 1.99. The Morgan fingerprint density at radius 2 is 2.05 bits per heavy atom. The van der Waals surface area contributed by atoms with Gasteiger partial charge in [-0.15, -0.1) is 0 Å². The lowest BCUT2D eigenvalue weighted by molar-refractivity contribution is 0.372. The summed E-state index contributed by atoms with van der Waals surface area (Å²) in [5.41, 5.74) is 6.11. The number of benzene rings is 1. The van der Waals surface area contributed by atoms with E-state index in [1.54, 1.807) is 0 Å². The molecule has 6 heteroatoms.